The third-order valence-corrected chi connectivity index (χ3v) is 5.61. The first kappa shape index (κ1) is 28.1. The predicted octanol–water partition coefficient (Wildman–Crippen LogP) is 2.19. The molecule has 1 aliphatic rings. The van der Waals surface area contributed by atoms with Crippen LogP contribution in [0.2, 0.25) is 0 Å². The lowest BCUT2D eigenvalue weighted by Gasteiger charge is -2.31. The minimum Gasteiger partial charge on any atom is -0.477 e. The summed E-state index contributed by atoms with van der Waals surface area (Å²) in [6, 6.07) is 11.3. The van der Waals surface area contributed by atoms with Crippen LogP contribution in [0.3, 0.4) is 0 Å². The number of hydrogen-bond donors (Lipinski definition) is 4. The van der Waals surface area contributed by atoms with Crippen LogP contribution < -0.4 is 21.1 Å². The molecule has 3 rings (SSSR count). The van der Waals surface area contributed by atoms with Gasteiger partial charge in [-0.25, -0.2) is 14.6 Å². The van der Waals surface area contributed by atoms with Gasteiger partial charge in [-0.2, -0.15) is 0 Å². The van der Waals surface area contributed by atoms with E-state index in [-0.39, 0.29) is 23.7 Å². The number of alkyl carbamates (subject to hydrolysis) is 1. The van der Waals surface area contributed by atoms with Gasteiger partial charge in [0.25, 0.3) is 11.8 Å². The molecular formula is C26H31N5O7. The Morgan fingerprint density at radius 2 is 1.74 bits per heavy atom. The zero-order valence-corrected chi connectivity index (χ0v) is 21.7. The molecule has 1 fully saturated rings. The third-order valence-electron chi connectivity index (χ3n) is 5.61. The number of carboxylic acid groups (broad SMARTS) is 1. The van der Waals surface area contributed by atoms with Gasteiger partial charge in [-0.3, -0.25) is 30.1 Å². The van der Waals surface area contributed by atoms with E-state index >= 15 is 0 Å². The smallest absolute Gasteiger partial charge is 0.408 e. The summed E-state index contributed by atoms with van der Waals surface area (Å²) < 4.78 is 5.31. The number of aromatic carboxylic acids is 1. The number of nitrogens with one attached hydrogen (secondary N) is 3. The highest BCUT2D eigenvalue weighted by molar-refractivity contribution is 6.01. The maximum absolute atomic E-state index is 13.2. The van der Waals surface area contributed by atoms with Gasteiger partial charge in [-0.15, -0.1) is 0 Å². The number of pyridine rings is 1. The number of hydrazine groups is 1. The van der Waals surface area contributed by atoms with E-state index in [0.29, 0.717) is 19.4 Å². The fourth-order valence-corrected chi connectivity index (χ4v) is 3.82. The van der Waals surface area contributed by atoms with Crippen molar-refractivity contribution in [1.82, 2.24) is 21.2 Å². The molecule has 1 aromatic carbocycles. The Kier molecular flexibility index (Phi) is 8.34. The Hall–Kier alpha value is -4.48. The van der Waals surface area contributed by atoms with Gasteiger partial charge < -0.3 is 15.2 Å². The van der Waals surface area contributed by atoms with Crippen molar-refractivity contribution in [3.05, 3.63) is 59.3 Å². The summed E-state index contributed by atoms with van der Waals surface area (Å²) in [5, 5.41) is 12.0. The fraction of sp³-hybridized carbons (Fsp3) is 0.385. The zero-order valence-electron chi connectivity index (χ0n) is 21.7. The number of carbonyl (C=O) groups excluding carboxylic acids is 4. The average Bonchev–Trinajstić information content (AvgIpc) is 3.27. The van der Waals surface area contributed by atoms with Crippen molar-refractivity contribution in [1.29, 1.82) is 0 Å². The van der Waals surface area contributed by atoms with Crippen molar-refractivity contribution in [2.24, 2.45) is 0 Å². The number of carboxylic acids is 1. The summed E-state index contributed by atoms with van der Waals surface area (Å²) in [5.41, 5.74) is 2.40. The molecule has 0 spiro atoms. The van der Waals surface area contributed by atoms with Gasteiger partial charge in [-0.1, -0.05) is 30.3 Å². The number of ether oxygens (including phenoxy) is 1. The second kappa shape index (κ2) is 11.3. The van der Waals surface area contributed by atoms with Gasteiger partial charge in [0.1, 0.15) is 17.0 Å². The largest absolute Gasteiger partial charge is 0.477 e. The van der Waals surface area contributed by atoms with E-state index in [1.54, 1.807) is 45.0 Å². The molecule has 0 unspecified atom stereocenters. The number of nitrogens with zero attached hydrogens (tertiary/aromatic N) is 2. The van der Waals surface area contributed by atoms with Gasteiger partial charge in [0.05, 0.1) is 0 Å². The van der Waals surface area contributed by atoms with Crippen molar-refractivity contribution < 1.29 is 33.8 Å². The molecule has 0 aliphatic carbocycles. The number of rotatable bonds is 7. The summed E-state index contributed by atoms with van der Waals surface area (Å²) in [5.74, 6) is -3.17. The molecule has 12 heteroatoms. The molecule has 38 heavy (non-hydrogen) atoms. The first-order chi connectivity index (χ1) is 17.8. The molecule has 202 valence electrons. The number of aromatic nitrogens is 1. The lowest BCUT2D eigenvalue weighted by atomic mass is 9.92. The van der Waals surface area contributed by atoms with Crippen LogP contribution in [0.1, 0.15) is 66.9 Å². The molecule has 1 atom stereocenters. The maximum Gasteiger partial charge on any atom is 0.408 e. The van der Waals surface area contributed by atoms with Crippen molar-refractivity contribution in [3.8, 4) is 0 Å². The molecule has 0 saturated carbocycles. The van der Waals surface area contributed by atoms with E-state index in [2.05, 4.69) is 21.2 Å². The molecule has 12 nitrogen and oxygen atoms in total. The van der Waals surface area contributed by atoms with E-state index in [1.165, 1.54) is 17.9 Å². The van der Waals surface area contributed by atoms with Crippen molar-refractivity contribution >= 4 is 35.6 Å². The monoisotopic (exact) mass is 525 g/mol. The first-order valence-corrected chi connectivity index (χ1v) is 12.0. The Morgan fingerprint density at radius 1 is 1.05 bits per heavy atom. The van der Waals surface area contributed by atoms with Gasteiger partial charge in [0.15, 0.2) is 5.69 Å². The molecule has 1 saturated heterocycles. The highest BCUT2D eigenvalue weighted by Crippen LogP contribution is 2.22. The van der Waals surface area contributed by atoms with Gasteiger partial charge >= 0.3 is 12.1 Å². The van der Waals surface area contributed by atoms with E-state index in [9.17, 15) is 29.1 Å². The van der Waals surface area contributed by atoms with E-state index in [1.807, 2.05) is 6.07 Å². The molecule has 2 heterocycles. The number of carbonyl (C=O) groups is 5. The fourth-order valence-electron chi connectivity index (χ4n) is 3.82. The summed E-state index contributed by atoms with van der Waals surface area (Å²) in [4.78, 5) is 67.7. The quantitative estimate of drug-likeness (QED) is 0.399. The van der Waals surface area contributed by atoms with Gasteiger partial charge in [0.2, 0.25) is 5.91 Å². The van der Waals surface area contributed by atoms with Crippen LogP contribution in [0, 0.1) is 0 Å². The highest BCUT2D eigenvalue weighted by Gasteiger charge is 2.37. The lowest BCUT2D eigenvalue weighted by Crippen LogP contribution is -2.61. The molecule has 2 aromatic rings. The van der Waals surface area contributed by atoms with Crippen LogP contribution in [0.5, 0.6) is 0 Å². The normalized spacial score (nSPS) is 14.8. The number of amides is 4. The predicted molar refractivity (Wildman–Crippen MR) is 136 cm³/mol. The second-order valence-electron chi connectivity index (χ2n) is 10.1. The Labute approximate surface area is 219 Å². The summed E-state index contributed by atoms with van der Waals surface area (Å²) in [6.07, 6.45) is 0.132. The molecule has 4 amide bonds. The van der Waals surface area contributed by atoms with Crippen LogP contribution >= 0.6 is 0 Å². The number of hydrogen-bond acceptors (Lipinski definition) is 7. The van der Waals surface area contributed by atoms with E-state index in [4.69, 9.17) is 4.74 Å². The van der Waals surface area contributed by atoms with Crippen molar-refractivity contribution in [2.75, 3.05) is 11.4 Å². The third kappa shape index (κ3) is 7.28. The van der Waals surface area contributed by atoms with E-state index in [0.717, 1.165) is 11.6 Å². The van der Waals surface area contributed by atoms with Gasteiger partial charge in [0, 0.05) is 24.9 Å². The summed E-state index contributed by atoms with van der Waals surface area (Å²) in [6.45, 7) is 6.89. The topological polar surface area (TPSA) is 167 Å². The number of benzene rings is 1. The molecule has 4 N–H and O–H groups in total. The number of anilines is 1. The van der Waals surface area contributed by atoms with Crippen molar-refractivity contribution in [3.63, 3.8) is 0 Å². The van der Waals surface area contributed by atoms with Crippen molar-refractivity contribution in [2.45, 2.75) is 58.1 Å². The van der Waals surface area contributed by atoms with Crippen LogP contribution in [0.15, 0.2) is 42.5 Å². The Morgan fingerprint density at radius 3 is 2.32 bits per heavy atom. The van der Waals surface area contributed by atoms with Gasteiger partial charge in [-0.05, 0) is 51.8 Å². The zero-order chi connectivity index (χ0) is 28.1. The minimum atomic E-state index is -1.53. The molecule has 1 aliphatic heterocycles. The highest BCUT2D eigenvalue weighted by atomic mass is 16.6. The Bertz CT molecular complexity index is 1240. The van der Waals surface area contributed by atoms with E-state index < -0.39 is 40.7 Å². The SMILES string of the molecule is CC(C)(C)OC(=O)N[C@](C)(Cc1ccccc1)C(=O)NNC(=O)c1cc(C(=O)O)nc(N2CCCC2=O)c1. The Balaban J connectivity index is 1.80. The average molecular weight is 526 g/mol. The maximum atomic E-state index is 13.2. The molecule has 1 aromatic heterocycles. The molecular weight excluding hydrogens is 494 g/mol. The van der Waals surface area contributed by atoms with Crippen LogP contribution in [-0.2, 0) is 20.7 Å². The summed E-state index contributed by atoms with van der Waals surface area (Å²) in [7, 11) is 0. The first-order valence-electron chi connectivity index (χ1n) is 12.0. The standard InChI is InChI=1S/C26H31N5O7/c1-25(2,3)38-24(37)28-26(4,15-16-9-6-5-7-10-16)23(36)30-29-21(33)17-13-18(22(34)35)27-19(14-17)31-12-8-11-20(31)32/h5-7,9-10,13-14H,8,11-12,15H2,1-4H3,(H,28,37)(H,29,33)(H,30,36)(H,34,35)/t26-/m1/s1. The van der Waals surface area contributed by atoms with Crippen LogP contribution in [0.4, 0.5) is 10.6 Å². The van der Waals surface area contributed by atoms with Crippen LogP contribution in [0.25, 0.3) is 0 Å². The molecule has 0 bridgehead atoms. The second-order valence-corrected chi connectivity index (χ2v) is 10.1. The minimum absolute atomic E-state index is 0.0318. The summed E-state index contributed by atoms with van der Waals surface area (Å²) >= 11 is 0. The van der Waals surface area contributed by atoms with Crippen LogP contribution in [-0.4, -0.2) is 57.6 Å². The lowest BCUT2D eigenvalue weighted by molar-refractivity contribution is -0.128. The molecule has 0 radical (unpaired) electrons.